The molecule has 1 saturated carbocycles. The molecule has 0 aliphatic heterocycles. The summed E-state index contributed by atoms with van der Waals surface area (Å²) >= 11 is 0. The topological polar surface area (TPSA) is 126 Å². The molecule has 2 aromatic carbocycles. The van der Waals surface area contributed by atoms with Crippen molar-refractivity contribution >= 4 is 28.7 Å². The van der Waals surface area contributed by atoms with Crippen LogP contribution in [0.25, 0.3) is 10.9 Å². The van der Waals surface area contributed by atoms with E-state index in [0.29, 0.717) is 35.9 Å². The zero-order valence-electron chi connectivity index (χ0n) is 22.5. The third-order valence-electron chi connectivity index (χ3n) is 6.88. The molecule has 2 N–H and O–H groups in total. The van der Waals surface area contributed by atoms with E-state index in [9.17, 15) is 18.8 Å². The number of nitrogens with zero attached hydrogens (tertiary/aromatic N) is 3. The van der Waals surface area contributed by atoms with Gasteiger partial charge in [-0.2, -0.15) is 10.4 Å². The summed E-state index contributed by atoms with van der Waals surface area (Å²) in [6, 6.07) is 12.2. The number of hydrogen-bond acceptors (Lipinski definition) is 6. The van der Waals surface area contributed by atoms with E-state index in [1.165, 1.54) is 16.8 Å². The van der Waals surface area contributed by atoms with Crippen LogP contribution in [-0.4, -0.2) is 46.3 Å². The highest BCUT2D eigenvalue weighted by atomic mass is 19.1. The molecule has 4 rings (SSSR count). The number of halogens is 1. The normalized spacial score (nSPS) is 17.5. The van der Waals surface area contributed by atoms with E-state index in [2.05, 4.69) is 15.7 Å². The van der Waals surface area contributed by atoms with Crippen LogP contribution in [0.2, 0.25) is 0 Å². The monoisotopic (exact) mass is 533 g/mol. The van der Waals surface area contributed by atoms with Crippen molar-refractivity contribution in [3.63, 3.8) is 0 Å². The van der Waals surface area contributed by atoms with E-state index < -0.39 is 23.2 Å². The van der Waals surface area contributed by atoms with Crippen LogP contribution < -0.4 is 10.6 Å². The fraction of sp³-hybridized carbons (Fsp3) is 0.414. The number of para-hydroxylation sites is 1. The zero-order chi connectivity index (χ0) is 28.3. The maximum absolute atomic E-state index is 14.6. The minimum Gasteiger partial charge on any atom is -0.466 e. The van der Waals surface area contributed by atoms with Gasteiger partial charge in [-0.25, -0.2) is 4.39 Å². The van der Waals surface area contributed by atoms with E-state index in [1.807, 2.05) is 26.8 Å². The fourth-order valence-electron chi connectivity index (χ4n) is 4.67. The Morgan fingerprint density at radius 2 is 1.92 bits per heavy atom. The van der Waals surface area contributed by atoms with Crippen LogP contribution in [0.3, 0.4) is 0 Å². The molecule has 39 heavy (non-hydrogen) atoms. The standard InChI is InChI=1S/C29H32FN5O4/c1-5-39-28(38)19-13-20(14-19)32-27(37)25(29(2,3)4)33-26(36)24-21-8-6-7-9-23(21)35(34-24)16-18-11-10-17(15-31)12-22(18)30/h6-12,19-20,25H,5,13-14,16H2,1-4H3,(H,32,37)(H,33,36)/t19-,20+,25-/m1/s1. The third-order valence-corrected chi connectivity index (χ3v) is 6.88. The van der Waals surface area contributed by atoms with E-state index >= 15 is 0 Å². The molecule has 1 fully saturated rings. The molecule has 1 atom stereocenters. The Labute approximate surface area is 226 Å². The van der Waals surface area contributed by atoms with Crippen molar-refractivity contribution in [2.75, 3.05) is 6.61 Å². The van der Waals surface area contributed by atoms with Gasteiger partial charge in [-0.15, -0.1) is 0 Å². The number of fused-ring (bicyclic) bond motifs is 1. The van der Waals surface area contributed by atoms with E-state index in [-0.39, 0.29) is 41.6 Å². The van der Waals surface area contributed by atoms with Gasteiger partial charge in [-0.05, 0) is 43.4 Å². The second-order valence-corrected chi connectivity index (χ2v) is 10.8. The van der Waals surface area contributed by atoms with E-state index in [0.717, 1.165) is 6.07 Å². The van der Waals surface area contributed by atoms with E-state index in [4.69, 9.17) is 10.00 Å². The van der Waals surface area contributed by atoms with Crippen molar-refractivity contribution < 1.29 is 23.5 Å². The summed E-state index contributed by atoms with van der Waals surface area (Å²) in [5.41, 5.74) is 0.665. The first-order chi connectivity index (χ1) is 18.5. The van der Waals surface area contributed by atoms with Gasteiger partial charge in [-0.3, -0.25) is 19.1 Å². The summed E-state index contributed by atoms with van der Waals surface area (Å²) in [7, 11) is 0. The summed E-state index contributed by atoms with van der Waals surface area (Å²) in [6.07, 6.45) is 0.993. The number of amides is 2. The number of nitriles is 1. The van der Waals surface area contributed by atoms with Crippen molar-refractivity contribution in [1.29, 1.82) is 5.26 Å². The van der Waals surface area contributed by atoms with Crippen LogP contribution >= 0.6 is 0 Å². The zero-order valence-corrected chi connectivity index (χ0v) is 22.5. The molecule has 1 aromatic heterocycles. The number of esters is 1. The summed E-state index contributed by atoms with van der Waals surface area (Å²) in [5.74, 6) is -1.89. The Hall–Kier alpha value is -4.26. The predicted octanol–water partition coefficient (Wildman–Crippen LogP) is 3.70. The van der Waals surface area contributed by atoms with Gasteiger partial charge in [0.05, 0.1) is 36.2 Å². The van der Waals surface area contributed by atoms with Gasteiger partial charge in [0.2, 0.25) is 5.91 Å². The lowest BCUT2D eigenvalue weighted by atomic mass is 9.79. The number of rotatable bonds is 8. The number of ether oxygens (including phenoxy) is 1. The Morgan fingerprint density at radius 1 is 1.21 bits per heavy atom. The molecule has 1 aliphatic carbocycles. The first-order valence-corrected chi connectivity index (χ1v) is 12.9. The van der Waals surface area contributed by atoms with Crippen molar-refractivity contribution in [3.05, 3.63) is 65.1 Å². The number of benzene rings is 2. The van der Waals surface area contributed by atoms with Crippen LogP contribution in [0.4, 0.5) is 4.39 Å². The molecular weight excluding hydrogens is 501 g/mol. The third kappa shape index (κ3) is 6.08. The molecule has 0 saturated heterocycles. The van der Waals surface area contributed by atoms with Gasteiger partial charge in [0.15, 0.2) is 5.69 Å². The largest absolute Gasteiger partial charge is 0.466 e. The summed E-state index contributed by atoms with van der Waals surface area (Å²) in [5, 5.41) is 19.9. The number of nitrogens with one attached hydrogen (secondary N) is 2. The van der Waals surface area contributed by atoms with Crippen molar-refractivity contribution in [2.24, 2.45) is 11.3 Å². The first kappa shape index (κ1) is 27.8. The Balaban J connectivity index is 1.52. The molecule has 2 amide bonds. The molecule has 0 spiro atoms. The second-order valence-electron chi connectivity index (χ2n) is 10.8. The number of hydrogen-bond donors (Lipinski definition) is 2. The lowest BCUT2D eigenvalue weighted by Crippen LogP contribution is -2.57. The lowest BCUT2D eigenvalue weighted by molar-refractivity contribution is -0.152. The van der Waals surface area contributed by atoms with Crippen LogP contribution in [0.1, 0.15) is 62.2 Å². The molecule has 204 valence electrons. The highest BCUT2D eigenvalue weighted by Crippen LogP contribution is 2.30. The van der Waals surface area contributed by atoms with Gasteiger partial charge >= 0.3 is 5.97 Å². The Morgan fingerprint density at radius 3 is 2.56 bits per heavy atom. The molecule has 1 aliphatic rings. The fourth-order valence-corrected chi connectivity index (χ4v) is 4.67. The Bertz CT molecular complexity index is 1450. The van der Waals surface area contributed by atoms with E-state index in [1.54, 1.807) is 31.2 Å². The predicted molar refractivity (Wildman–Crippen MR) is 142 cm³/mol. The SMILES string of the molecule is CCOC(=O)[C@H]1C[C@@H](NC(=O)[C@@H](NC(=O)c2nn(Cc3ccc(C#N)cc3F)c3ccccc23)C(C)(C)C)C1. The molecule has 9 nitrogen and oxygen atoms in total. The smallest absolute Gasteiger partial charge is 0.309 e. The quantitative estimate of drug-likeness (QED) is 0.425. The molecule has 0 bridgehead atoms. The maximum Gasteiger partial charge on any atom is 0.309 e. The lowest BCUT2D eigenvalue weighted by Gasteiger charge is -2.37. The Kier molecular flexibility index (Phi) is 8.00. The van der Waals surface area contributed by atoms with Crippen LogP contribution in [-0.2, 0) is 20.9 Å². The van der Waals surface area contributed by atoms with Gasteiger partial charge < -0.3 is 15.4 Å². The number of aromatic nitrogens is 2. The summed E-state index contributed by atoms with van der Waals surface area (Å²) in [6.45, 7) is 7.68. The maximum atomic E-state index is 14.6. The van der Waals surface area contributed by atoms with Crippen molar-refractivity contribution in [2.45, 2.75) is 59.2 Å². The van der Waals surface area contributed by atoms with Crippen molar-refractivity contribution in [3.8, 4) is 6.07 Å². The molecular formula is C29H32FN5O4. The minimum atomic E-state index is -0.869. The van der Waals surface area contributed by atoms with Gasteiger partial charge in [0, 0.05) is 17.0 Å². The average Bonchev–Trinajstić information content (AvgIpc) is 3.23. The first-order valence-electron chi connectivity index (χ1n) is 12.9. The van der Waals surface area contributed by atoms with Crippen molar-refractivity contribution in [1.82, 2.24) is 20.4 Å². The second kappa shape index (κ2) is 11.2. The molecule has 1 heterocycles. The van der Waals surface area contributed by atoms with Crippen LogP contribution in [0, 0.1) is 28.5 Å². The van der Waals surface area contributed by atoms with Crippen LogP contribution in [0.5, 0.6) is 0 Å². The van der Waals surface area contributed by atoms with Gasteiger partial charge in [-0.1, -0.05) is 45.0 Å². The molecule has 3 aromatic rings. The van der Waals surface area contributed by atoms with Gasteiger partial charge in [0.1, 0.15) is 11.9 Å². The highest BCUT2D eigenvalue weighted by molar-refractivity contribution is 6.06. The number of carbonyl (C=O) groups is 3. The number of carbonyl (C=O) groups excluding carboxylic acids is 3. The summed E-state index contributed by atoms with van der Waals surface area (Å²) in [4.78, 5) is 38.6. The summed E-state index contributed by atoms with van der Waals surface area (Å²) < 4.78 is 21.2. The molecule has 0 radical (unpaired) electrons. The molecule has 0 unspecified atom stereocenters. The van der Waals surface area contributed by atoms with Crippen LogP contribution in [0.15, 0.2) is 42.5 Å². The van der Waals surface area contributed by atoms with Gasteiger partial charge in [0.25, 0.3) is 5.91 Å². The minimum absolute atomic E-state index is 0.0534. The highest BCUT2D eigenvalue weighted by Gasteiger charge is 2.40. The molecule has 10 heteroatoms. The average molecular weight is 534 g/mol.